The summed E-state index contributed by atoms with van der Waals surface area (Å²) in [6.45, 7) is 4.76. The third-order valence-corrected chi connectivity index (χ3v) is 5.06. The number of aromatic nitrogens is 3. The molecule has 25 heavy (non-hydrogen) atoms. The Labute approximate surface area is 147 Å². The van der Waals surface area contributed by atoms with E-state index in [1.165, 1.54) is 0 Å². The molecule has 4 rings (SSSR count). The maximum absolute atomic E-state index is 5.79. The summed E-state index contributed by atoms with van der Waals surface area (Å²) in [6.07, 6.45) is 4.07. The van der Waals surface area contributed by atoms with Crippen LogP contribution in [0.25, 0.3) is 22.2 Å². The van der Waals surface area contributed by atoms with E-state index in [0.717, 1.165) is 66.3 Å². The smallest absolute Gasteiger partial charge is 0.225 e. The molecule has 2 aromatic heterocycles. The minimum Gasteiger partial charge on any atom is -0.341 e. The standard InChI is InChI=1S/C20H23N5/c1-14-17(12-16-4-2-3-5-18(16)23-14)19-6-9-22-20(24-19)25-10-7-15(13-21)8-11-25/h2-6,9,12,15H,7-8,10-11,13,21H2,1H3. The van der Waals surface area contributed by atoms with Gasteiger partial charge in [-0.2, -0.15) is 0 Å². The van der Waals surface area contributed by atoms with Crippen LogP contribution in [-0.2, 0) is 0 Å². The van der Waals surface area contributed by atoms with Gasteiger partial charge in [0.05, 0.1) is 11.2 Å². The van der Waals surface area contributed by atoms with Crippen LogP contribution in [0.1, 0.15) is 18.5 Å². The number of nitrogens with zero attached hydrogens (tertiary/aromatic N) is 4. The van der Waals surface area contributed by atoms with Crippen molar-refractivity contribution < 1.29 is 0 Å². The maximum atomic E-state index is 5.79. The van der Waals surface area contributed by atoms with Gasteiger partial charge in [-0.1, -0.05) is 18.2 Å². The van der Waals surface area contributed by atoms with Crippen LogP contribution in [0.15, 0.2) is 42.6 Å². The van der Waals surface area contributed by atoms with Crippen molar-refractivity contribution in [2.75, 3.05) is 24.5 Å². The third kappa shape index (κ3) is 3.20. The lowest BCUT2D eigenvalue weighted by Gasteiger charge is -2.31. The molecule has 2 N–H and O–H groups in total. The summed E-state index contributed by atoms with van der Waals surface area (Å²) in [5.74, 6) is 1.44. The van der Waals surface area contributed by atoms with E-state index in [0.29, 0.717) is 5.92 Å². The molecule has 0 atom stereocenters. The van der Waals surface area contributed by atoms with E-state index in [1.807, 2.05) is 37.4 Å². The number of pyridine rings is 1. The van der Waals surface area contributed by atoms with Crippen molar-refractivity contribution in [3.05, 3.63) is 48.3 Å². The fourth-order valence-corrected chi connectivity index (χ4v) is 3.49. The first-order valence-corrected chi connectivity index (χ1v) is 8.89. The van der Waals surface area contributed by atoms with Crippen molar-refractivity contribution in [3.8, 4) is 11.3 Å². The number of aryl methyl sites for hydroxylation is 1. The summed E-state index contributed by atoms with van der Waals surface area (Å²) in [6, 6.07) is 12.3. The van der Waals surface area contributed by atoms with Gasteiger partial charge in [0.2, 0.25) is 5.95 Å². The van der Waals surface area contributed by atoms with Crippen LogP contribution in [-0.4, -0.2) is 34.6 Å². The molecule has 1 aromatic carbocycles. The van der Waals surface area contributed by atoms with Gasteiger partial charge in [0.1, 0.15) is 0 Å². The van der Waals surface area contributed by atoms with Gasteiger partial charge < -0.3 is 10.6 Å². The third-order valence-electron chi connectivity index (χ3n) is 5.06. The Hall–Kier alpha value is -2.53. The second-order valence-corrected chi connectivity index (χ2v) is 6.72. The molecule has 0 radical (unpaired) electrons. The molecule has 0 spiro atoms. The molecule has 0 saturated carbocycles. The highest BCUT2D eigenvalue weighted by Crippen LogP contribution is 2.27. The molecule has 5 heteroatoms. The van der Waals surface area contributed by atoms with E-state index in [2.05, 4.69) is 22.0 Å². The van der Waals surface area contributed by atoms with Gasteiger partial charge in [0.15, 0.2) is 0 Å². The number of anilines is 1. The molecule has 3 aromatic rings. The molecule has 0 bridgehead atoms. The van der Waals surface area contributed by atoms with Gasteiger partial charge in [-0.05, 0) is 50.4 Å². The summed E-state index contributed by atoms with van der Waals surface area (Å²) in [7, 11) is 0. The molecular weight excluding hydrogens is 310 g/mol. The highest BCUT2D eigenvalue weighted by molar-refractivity contribution is 5.84. The first-order chi connectivity index (χ1) is 12.2. The van der Waals surface area contributed by atoms with Crippen LogP contribution in [0.4, 0.5) is 5.95 Å². The summed E-state index contributed by atoms with van der Waals surface area (Å²) < 4.78 is 0. The number of fused-ring (bicyclic) bond motifs is 1. The zero-order chi connectivity index (χ0) is 17.2. The Morgan fingerprint density at radius 2 is 1.92 bits per heavy atom. The number of hydrogen-bond donors (Lipinski definition) is 1. The minimum atomic E-state index is 0.631. The van der Waals surface area contributed by atoms with Crippen LogP contribution < -0.4 is 10.6 Å². The van der Waals surface area contributed by atoms with E-state index in [-0.39, 0.29) is 0 Å². The van der Waals surface area contributed by atoms with Crippen LogP contribution in [0, 0.1) is 12.8 Å². The monoisotopic (exact) mass is 333 g/mol. The van der Waals surface area contributed by atoms with Gasteiger partial charge in [0, 0.05) is 35.9 Å². The quantitative estimate of drug-likeness (QED) is 0.797. The highest BCUT2D eigenvalue weighted by atomic mass is 15.2. The molecule has 0 unspecified atom stereocenters. The van der Waals surface area contributed by atoms with Gasteiger partial charge in [-0.25, -0.2) is 9.97 Å². The van der Waals surface area contributed by atoms with E-state index in [9.17, 15) is 0 Å². The number of nitrogens with two attached hydrogens (primary N) is 1. The Morgan fingerprint density at radius 3 is 2.72 bits per heavy atom. The number of para-hydroxylation sites is 1. The first-order valence-electron chi connectivity index (χ1n) is 8.89. The Balaban J connectivity index is 1.67. The van der Waals surface area contributed by atoms with Crippen molar-refractivity contribution in [1.82, 2.24) is 15.0 Å². The molecule has 5 nitrogen and oxygen atoms in total. The van der Waals surface area contributed by atoms with Crippen molar-refractivity contribution in [3.63, 3.8) is 0 Å². The lowest BCUT2D eigenvalue weighted by Crippen LogP contribution is -2.37. The van der Waals surface area contributed by atoms with E-state index < -0.39 is 0 Å². The Bertz CT molecular complexity index is 884. The molecular formula is C20H23N5. The van der Waals surface area contributed by atoms with E-state index in [4.69, 9.17) is 15.7 Å². The van der Waals surface area contributed by atoms with Gasteiger partial charge >= 0.3 is 0 Å². The zero-order valence-corrected chi connectivity index (χ0v) is 14.5. The van der Waals surface area contributed by atoms with Crippen LogP contribution in [0.5, 0.6) is 0 Å². The average molecular weight is 333 g/mol. The molecule has 1 fully saturated rings. The minimum absolute atomic E-state index is 0.631. The predicted molar refractivity (Wildman–Crippen MR) is 101 cm³/mol. The number of benzene rings is 1. The van der Waals surface area contributed by atoms with Crippen molar-refractivity contribution >= 4 is 16.9 Å². The Kier molecular flexibility index (Phi) is 4.32. The maximum Gasteiger partial charge on any atom is 0.225 e. The van der Waals surface area contributed by atoms with Crippen LogP contribution in [0.2, 0.25) is 0 Å². The summed E-state index contributed by atoms with van der Waals surface area (Å²) in [4.78, 5) is 16.3. The SMILES string of the molecule is Cc1nc2ccccc2cc1-c1ccnc(N2CCC(CN)CC2)n1. The summed E-state index contributed by atoms with van der Waals surface area (Å²) in [5.41, 5.74) is 9.80. The van der Waals surface area contributed by atoms with Gasteiger partial charge in [0.25, 0.3) is 0 Å². The second kappa shape index (κ2) is 6.76. The molecule has 0 aliphatic carbocycles. The van der Waals surface area contributed by atoms with Crippen molar-refractivity contribution in [1.29, 1.82) is 0 Å². The lowest BCUT2D eigenvalue weighted by molar-refractivity contribution is 0.411. The first kappa shape index (κ1) is 16.0. The van der Waals surface area contributed by atoms with Crippen LogP contribution >= 0.6 is 0 Å². The number of rotatable bonds is 3. The number of piperidine rings is 1. The molecule has 1 saturated heterocycles. The molecule has 0 amide bonds. The lowest BCUT2D eigenvalue weighted by atomic mass is 9.97. The fraction of sp³-hybridized carbons (Fsp3) is 0.350. The summed E-state index contributed by atoms with van der Waals surface area (Å²) >= 11 is 0. The molecule has 1 aliphatic heterocycles. The average Bonchev–Trinajstić information content (AvgIpc) is 2.67. The normalized spacial score (nSPS) is 15.7. The van der Waals surface area contributed by atoms with E-state index >= 15 is 0 Å². The Morgan fingerprint density at radius 1 is 1.12 bits per heavy atom. The topological polar surface area (TPSA) is 67.9 Å². The molecule has 128 valence electrons. The second-order valence-electron chi connectivity index (χ2n) is 6.72. The van der Waals surface area contributed by atoms with Crippen LogP contribution in [0.3, 0.4) is 0 Å². The molecule has 3 heterocycles. The fourth-order valence-electron chi connectivity index (χ4n) is 3.49. The largest absolute Gasteiger partial charge is 0.341 e. The highest BCUT2D eigenvalue weighted by Gasteiger charge is 2.20. The van der Waals surface area contributed by atoms with Crippen molar-refractivity contribution in [2.45, 2.75) is 19.8 Å². The number of hydrogen-bond acceptors (Lipinski definition) is 5. The zero-order valence-electron chi connectivity index (χ0n) is 14.5. The predicted octanol–water partition coefficient (Wildman–Crippen LogP) is 3.18. The van der Waals surface area contributed by atoms with Crippen molar-refractivity contribution in [2.24, 2.45) is 11.7 Å². The van der Waals surface area contributed by atoms with E-state index in [1.54, 1.807) is 0 Å². The summed E-state index contributed by atoms with van der Waals surface area (Å²) in [5, 5.41) is 1.13. The van der Waals surface area contributed by atoms with Gasteiger partial charge in [-0.15, -0.1) is 0 Å². The molecule has 1 aliphatic rings. The van der Waals surface area contributed by atoms with Gasteiger partial charge in [-0.3, -0.25) is 4.98 Å².